The lowest BCUT2D eigenvalue weighted by molar-refractivity contribution is -0.137. The molecule has 0 radical (unpaired) electrons. The highest BCUT2D eigenvalue weighted by Gasteiger charge is 2.29. The minimum absolute atomic E-state index is 0.354. The van der Waals surface area contributed by atoms with Crippen LogP contribution in [-0.2, 0) is 6.18 Å². The highest BCUT2D eigenvalue weighted by molar-refractivity contribution is 5.28. The van der Waals surface area contributed by atoms with Gasteiger partial charge in [-0.15, -0.1) is 0 Å². The maximum absolute atomic E-state index is 12.2. The third kappa shape index (κ3) is 3.81. The summed E-state index contributed by atoms with van der Waals surface area (Å²) in [6.45, 7) is 4.46. The van der Waals surface area contributed by atoms with Gasteiger partial charge in [0.1, 0.15) is 5.75 Å². The normalized spacial score (nSPS) is 11.9. The molecule has 0 aliphatic heterocycles. The molecule has 0 N–H and O–H groups in total. The highest BCUT2D eigenvalue weighted by Crippen LogP contribution is 2.30. The quantitative estimate of drug-likeness (QED) is 0.750. The molecule has 0 amide bonds. The van der Waals surface area contributed by atoms with Crippen molar-refractivity contribution in [3.63, 3.8) is 0 Å². The van der Waals surface area contributed by atoms with Crippen molar-refractivity contribution >= 4 is 0 Å². The molecule has 0 atom stereocenters. The van der Waals surface area contributed by atoms with E-state index in [1.807, 2.05) is 13.8 Å². The lowest BCUT2D eigenvalue weighted by atomic mass is 10.2. The molecule has 15 heavy (non-hydrogen) atoms. The summed E-state index contributed by atoms with van der Waals surface area (Å²) in [5.41, 5.74) is -0.653. The Balaban J connectivity index is 2.65. The van der Waals surface area contributed by atoms with E-state index < -0.39 is 11.7 Å². The van der Waals surface area contributed by atoms with E-state index in [1.54, 1.807) is 0 Å². The molecule has 0 aromatic heterocycles. The summed E-state index contributed by atoms with van der Waals surface area (Å²) in [5, 5.41) is 0. The molecule has 1 aromatic rings. The summed E-state index contributed by atoms with van der Waals surface area (Å²) in [6, 6.07) is 4.72. The average Bonchev–Trinajstić information content (AvgIpc) is 2.14. The van der Waals surface area contributed by atoms with E-state index in [-0.39, 0.29) is 0 Å². The molecule has 0 heterocycles. The van der Waals surface area contributed by atoms with Crippen LogP contribution in [0.2, 0.25) is 0 Å². The molecule has 4 heteroatoms. The standard InChI is InChI=1S/C11H13F3O/c1-8(2)7-15-10-5-3-9(4-6-10)11(12,13)14/h3-6,8H,7H2,1-2H3. The predicted octanol–water partition coefficient (Wildman–Crippen LogP) is 3.74. The van der Waals surface area contributed by atoms with Gasteiger partial charge in [-0.1, -0.05) is 13.8 Å². The first-order chi connectivity index (χ1) is 6.89. The fraction of sp³-hybridized carbons (Fsp3) is 0.455. The van der Waals surface area contributed by atoms with Crippen molar-refractivity contribution in [2.45, 2.75) is 20.0 Å². The predicted molar refractivity (Wildman–Crippen MR) is 51.8 cm³/mol. The fourth-order valence-electron chi connectivity index (χ4n) is 1.00. The molecule has 0 saturated heterocycles. The van der Waals surface area contributed by atoms with E-state index in [4.69, 9.17) is 4.74 Å². The van der Waals surface area contributed by atoms with Crippen LogP contribution in [0.25, 0.3) is 0 Å². The molecule has 1 nitrogen and oxygen atoms in total. The summed E-state index contributed by atoms with van der Waals surface area (Å²) in [4.78, 5) is 0. The lowest BCUT2D eigenvalue weighted by Crippen LogP contribution is -2.06. The zero-order valence-electron chi connectivity index (χ0n) is 8.64. The van der Waals surface area contributed by atoms with E-state index in [0.717, 1.165) is 12.1 Å². The van der Waals surface area contributed by atoms with E-state index in [9.17, 15) is 13.2 Å². The Labute approximate surface area is 86.9 Å². The molecule has 0 aliphatic rings. The lowest BCUT2D eigenvalue weighted by Gasteiger charge is -2.10. The number of hydrogen-bond donors (Lipinski definition) is 0. The summed E-state index contributed by atoms with van der Waals surface area (Å²) in [5.74, 6) is 0.823. The van der Waals surface area contributed by atoms with Crippen molar-refractivity contribution in [2.75, 3.05) is 6.61 Å². The molecule has 0 aliphatic carbocycles. The number of halogens is 3. The molecule has 0 fully saturated rings. The highest BCUT2D eigenvalue weighted by atomic mass is 19.4. The van der Waals surface area contributed by atoms with Gasteiger partial charge in [0.25, 0.3) is 0 Å². The van der Waals surface area contributed by atoms with Gasteiger partial charge in [-0.2, -0.15) is 13.2 Å². The summed E-state index contributed by atoms with van der Waals surface area (Å²) in [7, 11) is 0. The molecular weight excluding hydrogens is 205 g/mol. The van der Waals surface area contributed by atoms with Gasteiger partial charge < -0.3 is 4.74 Å². The van der Waals surface area contributed by atoms with Crippen LogP contribution in [0.5, 0.6) is 5.75 Å². The minimum atomic E-state index is -4.28. The molecular formula is C11H13F3O. The maximum Gasteiger partial charge on any atom is 0.416 e. The van der Waals surface area contributed by atoms with E-state index in [0.29, 0.717) is 18.3 Å². The number of alkyl halides is 3. The van der Waals surface area contributed by atoms with Crippen molar-refractivity contribution in [3.05, 3.63) is 29.8 Å². The Hall–Kier alpha value is -1.19. The minimum Gasteiger partial charge on any atom is -0.493 e. The second-order valence-corrected chi connectivity index (χ2v) is 3.73. The molecule has 0 spiro atoms. The van der Waals surface area contributed by atoms with Crippen molar-refractivity contribution < 1.29 is 17.9 Å². The average molecular weight is 218 g/mol. The van der Waals surface area contributed by atoms with Crippen LogP contribution >= 0.6 is 0 Å². The van der Waals surface area contributed by atoms with Crippen LogP contribution in [0.3, 0.4) is 0 Å². The van der Waals surface area contributed by atoms with E-state index in [1.165, 1.54) is 12.1 Å². The second kappa shape index (κ2) is 4.55. The zero-order chi connectivity index (χ0) is 11.5. The molecule has 84 valence electrons. The van der Waals surface area contributed by atoms with Crippen LogP contribution in [0, 0.1) is 5.92 Å². The molecule has 1 rings (SSSR count). The zero-order valence-corrected chi connectivity index (χ0v) is 8.64. The molecule has 1 aromatic carbocycles. The van der Waals surface area contributed by atoms with Gasteiger partial charge in [0.15, 0.2) is 0 Å². The van der Waals surface area contributed by atoms with Crippen LogP contribution in [0.15, 0.2) is 24.3 Å². The SMILES string of the molecule is CC(C)COc1ccc(C(F)(F)F)cc1. The summed E-state index contributed by atoms with van der Waals surface area (Å²) >= 11 is 0. The third-order valence-electron chi connectivity index (χ3n) is 1.76. The van der Waals surface area contributed by atoms with Gasteiger partial charge in [0.2, 0.25) is 0 Å². The summed E-state index contributed by atoms with van der Waals surface area (Å²) in [6.07, 6.45) is -4.28. The maximum atomic E-state index is 12.2. The summed E-state index contributed by atoms with van der Waals surface area (Å²) < 4.78 is 41.8. The van der Waals surface area contributed by atoms with Gasteiger partial charge >= 0.3 is 6.18 Å². The van der Waals surface area contributed by atoms with Crippen LogP contribution in [-0.4, -0.2) is 6.61 Å². The van der Waals surface area contributed by atoms with Crippen molar-refractivity contribution in [1.82, 2.24) is 0 Å². The fourth-order valence-corrected chi connectivity index (χ4v) is 1.00. The van der Waals surface area contributed by atoms with Gasteiger partial charge in [0.05, 0.1) is 12.2 Å². The Morgan fingerprint density at radius 2 is 1.67 bits per heavy atom. The number of hydrogen-bond acceptors (Lipinski definition) is 1. The Morgan fingerprint density at radius 3 is 2.07 bits per heavy atom. The first-order valence-electron chi connectivity index (χ1n) is 4.69. The Kier molecular flexibility index (Phi) is 3.61. The van der Waals surface area contributed by atoms with Crippen molar-refractivity contribution in [2.24, 2.45) is 5.92 Å². The molecule has 0 unspecified atom stereocenters. The van der Waals surface area contributed by atoms with Crippen molar-refractivity contribution in [3.8, 4) is 5.75 Å². The third-order valence-corrected chi connectivity index (χ3v) is 1.76. The second-order valence-electron chi connectivity index (χ2n) is 3.73. The van der Waals surface area contributed by atoms with Crippen LogP contribution in [0.1, 0.15) is 19.4 Å². The van der Waals surface area contributed by atoms with E-state index in [2.05, 4.69) is 0 Å². The Morgan fingerprint density at radius 1 is 1.13 bits per heavy atom. The molecule has 0 saturated carbocycles. The van der Waals surface area contributed by atoms with E-state index >= 15 is 0 Å². The van der Waals surface area contributed by atoms with Crippen LogP contribution in [0.4, 0.5) is 13.2 Å². The van der Waals surface area contributed by atoms with Crippen molar-refractivity contribution in [1.29, 1.82) is 0 Å². The monoisotopic (exact) mass is 218 g/mol. The largest absolute Gasteiger partial charge is 0.493 e. The van der Waals surface area contributed by atoms with Gasteiger partial charge in [0, 0.05) is 0 Å². The van der Waals surface area contributed by atoms with Gasteiger partial charge in [-0.05, 0) is 30.2 Å². The first-order valence-corrected chi connectivity index (χ1v) is 4.69. The number of benzene rings is 1. The Bertz CT molecular complexity index is 301. The van der Waals surface area contributed by atoms with Crippen LogP contribution < -0.4 is 4.74 Å². The smallest absolute Gasteiger partial charge is 0.416 e. The van der Waals surface area contributed by atoms with Gasteiger partial charge in [-0.3, -0.25) is 0 Å². The topological polar surface area (TPSA) is 9.23 Å². The number of ether oxygens (including phenoxy) is 1. The molecule has 0 bridgehead atoms. The van der Waals surface area contributed by atoms with Gasteiger partial charge in [-0.25, -0.2) is 0 Å². The first kappa shape index (κ1) is 11.9. The number of rotatable bonds is 3.